The van der Waals surface area contributed by atoms with Crippen LogP contribution in [0, 0.1) is 5.82 Å². The van der Waals surface area contributed by atoms with Crippen LogP contribution in [0.4, 0.5) is 4.39 Å². The van der Waals surface area contributed by atoms with Crippen LogP contribution in [0.1, 0.15) is 27.1 Å². The van der Waals surface area contributed by atoms with Crippen molar-refractivity contribution >= 4 is 35.0 Å². The summed E-state index contributed by atoms with van der Waals surface area (Å²) in [5.41, 5.74) is 0.955. The van der Waals surface area contributed by atoms with Crippen LogP contribution in [0.2, 0.25) is 10.0 Å². The molecule has 2 fully saturated rings. The van der Waals surface area contributed by atoms with E-state index in [0.29, 0.717) is 42.3 Å². The van der Waals surface area contributed by atoms with E-state index in [-0.39, 0.29) is 22.9 Å². The zero-order chi connectivity index (χ0) is 21.3. The van der Waals surface area contributed by atoms with Crippen LogP contribution >= 0.6 is 23.2 Å². The first-order valence-corrected chi connectivity index (χ1v) is 10.7. The molecule has 30 heavy (non-hydrogen) atoms. The van der Waals surface area contributed by atoms with Gasteiger partial charge in [-0.25, -0.2) is 4.39 Å². The summed E-state index contributed by atoms with van der Waals surface area (Å²) in [7, 11) is 0. The molecule has 2 heterocycles. The monoisotopic (exact) mass is 449 g/mol. The Labute approximate surface area is 185 Å². The summed E-state index contributed by atoms with van der Waals surface area (Å²) in [5.74, 6) is -0.747. The lowest BCUT2D eigenvalue weighted by Crippen LogP contribution is -2.52. The average Bonchev–Trinajstić information content (AvgIpc) is 3.25. The lowest BCUT2D eigenvalue weighted by molar-refractivity contribution is 0.0568. The molecule has 0 bridgehead atoms. The lowest BCUT2D eigenvalue weighted by atomic mass is 10.1. The van der Waals surface area contributed by atoms with Gasteiger partial charge in [0.25, 0.3) is 11.8 Å². The van der Waals surface area contributed by atoms with Gasteiger partial charge in [0.1, 0.15) is 5.82 Å². The number of nitrogens with zero attached hydrogens (tertiary/aromatic N) is 3. The number of hydrogen-bond acceptors (Lipinski definition) is 3. The van der Waals surface area contributed by atoms with E-state index in [4.69, 9.17) is 23.2 Å². The molecule has 1 atom stereocenters. The Morgan fingerprint density at radius 2 is 1.47 bits per heavy atom. The fourth-order valence-electron chi connectivity index (χ4n) is 4.10. The van der Waals surface area contributed by atoms with Gasteiger partial charge in [-0.1, -0.05) is 23.2 Å². The van der Waals surface area contributed by atoms with Gasteiger partial charge in [-0.2, -0.15) is 0 Å². The van der Waals surface area contributed by atoms with E-state index in [1.54, 1.807) is 35.2 Å². The van der Waals surface area contributed by atoms with Crippen molar-refractivity contribution in [3.05, 3.63) is 69.5 Å². The van der Waals surface area contributed by atoms with Crippen LogP contribution in [0.25, 0.3) is 0 Å². The fraction of sp³-hybridized carbons (Fsp3) is 0.364. The third-order valence-corrected chi connectivity index (χ3v) is 6.38. The lowest BCUT2D eigenvalue weighted by Gasteiger charge is -2.38. The van der Waals surface area contributed by atoms with Crippen molar-refractivity contribution in [2.45, 2.75) is 12.5 Å². The highest BCUT2D eigenvalue weighted by Crippen LogP contribution is 2.22. The van der Waals surface area contributed by atoms with Gasteiger partial charge in [-0.05, 0) is 48.9 Å². The predicted octanol–water partition coefficient (Wildman–Crippen LogP) is 3.81. The summed E-state index contributed by atoms with van der Waals surface area (Å²) in [6.07, 6.45) is 0.868. The van der Waals surface area contributed by atoms with E-state index >= 15 is 0 Å². The highest BCUT2D eigenvalue weighted by molar-refractivity contribution is 6.31. The molecule has 2 aromatic carbocycles. The Balaban J connectivity index is 1.31. The first kappa shape index (κ1) is 21.1. The summed E-state index contributed by atoms with van der Waals surface area (Å²) in [5, 5.41) is 0.620. The van der Waals surface area contributed by atoms with Gasteiger partial charge in [0, 0.05) is 61.5 Å². The third-order valence-electron chi connectivity index (χ3n) is 5.83. The van der Waals surface area contributed by atoms with Crippen LogP contribution in [-0.4, -0.2) is 71.8 Å². The number of carbonyl (C=O) groups excluding carboxylic acids is 2. The molecular weight excluding hydrogens is 428 g/mol. The standard InChI is InChI=1S/C22H22Cl2FN3O2/c23-17-4-1-15(2-5-17)21(29)27-11-9-26(10-12-27)18-7-8-28(14-18)22(30)16-3-6-19(24)20(25)13-16/h1-6,13,18H,7-12,14H2. The van der Waals surface area contributed by atoms with E-state index in [9.17, 15) is 14.0 Å². The Hall–Kier alpha value is -2.15. The maximum Gasteiger partial charge on any atom is 0.254 e. The zero-order valence-electron chi connectivity index (χ0n) is 16.4. The number of benzene rings is 2. The van der Waals surface area contributed by atoms with Crippen LogP contribution in [0.3, 0.4) is 0 Å². The van der Waals surface area contributed by atoms with Gasteiger partial charge in [0.2, 0.25) is 0 Å². The highest BCUT2D eigenvalue weighted by atomic mass is 35.5. The van der Waals surface area contributed by atoms with Crippen molar-refractivity contribution in [3.63, 3.8) is 0 Å². The summed E-state index contributed by atoms with van der Waals surface area (Å²) in [6.45, 7) is 4.07. The summed E-state index contributed by atoms with van der Waals surface area (Å²) >= 11 is 11.6. The molecule has 0 aromatic heterocycles. The van der Waals surface area contributed by atoms with E-state index in [1.807, 2.05) is 4.90 Å². The molecule has 2 aromatic rings. The van der Waals surface area contributed by atoms with Crippen LogP contribution in [0.15, 0.2) is 42.5 Å². The predicted molar refractivity (Wildman–Crippen MR) is 115 cm³/mol. The van der Waals surface area contributed by atoms with Crippen molar-refractivity contribution in [2.24, 2.45) is 0 Å². The van der Waals surface area contributed by atoms with E-state index in [2.05, 4.69) is 4.90 Å². The molecule has 158 valence electrons. The molecule has 0 radical (unpaired) electrons. The number of piperazine rings is 1. The molecule has 5 nitrogen and oxygen atoms in total. The van der Waals surface area contributed by atoms with Gasteiger partial charge >= 0.3 is 0 Å². The van der Waals surface area contributed by atoms with Crippen molar-refractivity contribution < 1.29 is 14.0 Å². The number of halogens is 3. The fourth-order valence-corrected chi connectivity index (χ4v) is 4.34. The minimum absolute atomic E-state index is 0.0110. The van der Waals surface area contributed by atoms with Crippen LogP contribution in [0.5, 0.6) is 0 Å². The van der Waals surface area contributed by atoms with E-state index < -0.39 is 5.82 Å². The average molecular weight is 450 g/mol. The number of likely N-dealkylation sites (tertiary alicyclic amines) is 1. The molecule has 2 aliphatic rings. The molecule has 1 unspecified atom stereocenters. The zero-order valence-corrected chi connectivity index (χ0v) is 17.9. The minimum atomic E-state index is -0.584. The molecular formula is C22H22Cl2FN3O2. The molecule has 2 aliphatic heterocycles. The summed E-state index contributed by atoms with van der Waals surface area (Å²) in [6, 6.07) is 11.4. The topological polar surface area (TPSA) is 43.9 Å². The van der Waals surface area contributed by atoms with E-state index in [0.717, 1.165) is 19.5 Å². The maximum atomic E-state index is 13.7. The Kier molecular flexibility index (Phi) is 6.27. The van der Waals surface area contributed by atoms with Crippen LogP contribution < -0.4 is 0 Å². The molecule has 8 heteroatoms. The van der Waals surface area contributed by atoms with Crippen molar-refractivity contribution in [1.29, 1.82) is 0 Å². The SMILES string of the molecule is O=C(c1ccc(Cl)cc1)N1CCN(C2CCN(C(=O)c3ccc(Cl)c(F)c3)C2)CC1. The maximum absolute atomic E-state index is 13.7. The first-order chi connectivity index (χ1) is 14.4. The largest absolute Gasteiger partial charge is 0.337 e. The second-order valence-electron chi connectivity index (χ2n) is 7.66. The van der Waals surface area contributed by atoms with Crippen molar-refractivity contribution in [1.82, 2.24) is 14.7 Å². The van der Waals surface area contributed by atoms with Crippen LogP contribution in [-0.2, 0) is 0 Å². The number of carbonyl (C=O) groups is 2. The van der Waals surface area contributed by atoms with Crippen molar-refractivity contribution in [2.75, 3.05) is 39.3 Å². The molecule has 0 spiro atoms. The molecule has 2 amide bonds. The molecule has 0 N–H and O–H groups in total. The van der Waals surface area contributed by atoms with E-state index in [1.165, 1.54) is 12.1 Å². The van der Waals surface area contributed by atoms with Gasteiger partial charge < -0.3 is 9.80 Å². The molecule has 4 rings (SSSR count). The number of rotatable bonds is 3. The molecule has 2 saturated heterocycles. The minimum Gasteiger partial charge on any atom is -0.337 e. The first-order valence-electron chi connectivity index (χ1n) is 9.95. The van der Waals surface area contributed by atoms with Crippen molar-refractivity contribution in [3.8, 4) is 0 Å². The highest BCUT2D eigenvalue weighted by Gasteiger charge is 2.33. The van der Waals surface area contributed by atoms with Gasteiger partial charge in [0.15, 0.2) is 0 Å². The van der Waals surface area contributed by atoms with Gasteiger partial charge in [-0.15, -0.1) is 0 Å². The summed E-state index contributed by atoms with van der Waals surface area (Å²) < 4.78 is 13.7. The quantitative estimate of drug-likeness (QED) is 0.715. The second-order valence-corrected chi connectivity index (χ2v) is 8.50. The smallest absolute Gasteiger partial charge is 0.254 e. The summed E-state index contributed by atoms with van der Waals surface area (Å²) in [4.78, 5) is 31.3. The normalized spacial score (nSPS) is 19.9. The van der Waals surface area contributed by atoms with Gasteiger partial charge in [0.05, 0.1) is 5.02 Å². The number of amides is 2. The Morgan fingerprint density at radius 1 is 0.833 bits per heavy atom. The van der Waals surface area contributed by atoms with Gasteiger partial charge in [-0.3, -0.25) is 14.5 Å². The second kappa shape index (κ2) is 8.92. The number of hydrogen-bond donors (Lipinski definition) is 0. The molecule has 0 aliphatic carbocycles. The molecule has 0 saturated carbocycles. The Morgan fingerprint density at radius 3 is 2.13 bits per heavy atom. The Bertz CT molecular complexity index is 946. The third kappa shape index (κ3) is 4.46.